The van der Waals surface area contributed by atoms with Crippen LogP contribution in [0.2, 0.25) is 0 Å². The van der Waals surface area contributed by atoms with E-state index >= 15 is 0 Å². The van der Waals surface area contributed by atoms with E-state index in [9.17, 15) is 37.9 Å². The Labute approximate surface area is 389 Å². The molecular formula is C51H92O12S. The summed E-state index contributed by atoms with van der Waals surface area (Å²) in [6.07, 6.45) is 39.2. The van der Waals surface area contributed by atoms with E-state index in [2.05, 4.69) is 50.3 Å². The summed E-state index contributed by atoms with van der Waals surface area (Å²) in [6, 6.07) is 0. The molecule has 1 fully saturated rings. The van der Waals surface area contributed by atoms with Crippen molar-refractivity contribution in [3.8, 4) is 0 Å². The van der Waals surface area contributed by atoms with Crippen molar-refractivity contribution < 1.29 is 56.8 Å². The molecule has 0 saturated carbocycles. The SMILES string of the molecule is CCCCCC/C=C/CCCCCCCC(=O)O[C@H](COC(=O)CCC/C=C/CC/C=C/CCCCCCCCCCCCCCCC)CO[C@H]1O[C@H](CS(=O)(=O)O)[C@@H](O)C(O)C1O. The molecule has 1 heterocycles. The molecule has 1 aliphatic heterocycles. The van der Waals surface area contributed by atoms with E-state index in [1.807, 2.05) is 0 Å². The number of esters is 2. The predicted octanol–water partition coefficient (Wildman–Crippen LogP) is 11.3. The highest BCUT2D eigenvalue weighted by Crippen LogP contribution is 2.24. The molecule has 0 radical (unpaired) electrons. The first-order valence-electron chi connectivity index (χ1n) is 25.5. The predicted molar refractivity (Wildman–Crippen MR) is 256 cm³/mol. The van der Waals surface area contributed by atoms with Gasteiger partial charge in [0.05, 0.1) is 6.61 Å². The number of aliphatic hydroxyl groups is 3. The summed E-state index contributed by atoms with van der Waals surface area (Å²) in [5.74, 6) is -2.04. The van der Waals surface area contributed by atoms with Crippen LogP contribution in [0.4, 0.5) is 0 Å². The third kappa shape index (κ3) is 35.1. The Hall–Kier alpha value is -2.13. The second-order valence-electron chi connectivity index (χ2n) is 17.8. The van der Waals surface area contributed by atoms with E-state index in [1.54, 1.807) is 0 Å². The van der Waals surface area contributed by atoms with E-state index in [0.29, 0.717) is 19.3 Å². The molecular weight excluding hydrogens is 837 g/mol. The van der Waals surface area contributed by atoms with E-state index < -0.39 is 71.2 Å². The minimum absolute atomic E-state index is 0.146. The lowest BCUT2D eigenvalue weighted by molar-refractivity contribution is -0.297. The molecule has 12 nitrogen and oxygen atoms in total. The summed E-state index contributed by atoms with van der Waals surface area (Å²) in [5, 5.41) is 30.9. The van der Waals surface area contributed by atoms with Crippen molar-refractivity contribution in [1.82, 2.24) is 0 Å². The van der Waals surface area contributed by atoms with Gasteiger partial charge in [-0.25, -0.2) is 0 Å². The molecule has 0 spiro atoms. The van der Waals surface area contributed by atoms with Crippen LogP contribution in [0.15, 0.2) is 36.5 Å². The van der Waals surface area contributed by atoms with Crippen LogP contribution in [0, 0.1) is 0 Å². The Kier molecular flexibility index (Phi) is 38.4. The van der Waals surface area contributed by atoms with Crippen LogP contribution in [-0.2, 0) is 38.7 Å². The smallest absolute Gasteiger partial charge is 0.306 e. The van der Waals surface area contributed by atoms with Crippen LogP contribution >= 0.6 is 0 Å². The molecule has 1 rings (SSSR count). The first-order chi connectivity index (χ1) is 31.0. The fourth-order valence-corrected chi connectivity index (χ4v) is 8.38. The summed E-state index contributed by atoms with van der Waals surface area (Å²) in [7, 11) is -4.61. The molecule has 0 aromatic heterocycles. The minimum atomic E-state index is -4.61. The summed E-state index contributed by atoms with van der Waals surface area (Å²) in [4.78, 5) is 25.4. The zero-order valence-corrected chi connectivity index (χ0v) is 41.0. The van der Waals surface area contributed by atoms with Crippen LogP contribution in [0.1, 0.15) is 219 Å². The Bertz CT molecular complexity index is 1320. The van der Waals surface area contributed by atoms with Crippen LogP contribution in [0.3, 0.4) is 0 Å². The van der Waals surface area contributed by atoms with E-state index in [-0.39, 0.29) is 19.4 Å². The van der Waals surface area contributed by atoms with E-state index in [4.69, 9.17) is 18.9 Å². The topological polar surface area (TPSA) is 186 Å². The fraction of sp³-hybridized carbons (Fsp3) is 0.843. The van der Waals surface area contributed by atoms with Gasteiger partial charge in [-0.15, -0.1) is 0 Å². The molecule has 0 amide bonds. The van der Waals surface area contributed by atoms with Gasteiger partial charge in [0.1, 0.15) is 36.8 Å². The largest absolute Gasteiger partial charge is 0.462 e. The number of hydrogen-bond acceptors (Lipinski definition) is 11. The quantitative estimate of drug-likeness (QED) is 0.0196. The summed E-state index contributed by atoms with van der Waals surface area (Å²) >= 11 is 0. The second kappa shape index (κ2) is 41.1. The van der Waals surface area contributed by atoms with Gasteiger partial charge in [-0.3, -0.25) is 14.1 Å². The van der Waals surface area contributed by atoms with Gasteiger partial charge in [0.25, 0.3) is 10.1 Å². The van der Waals surface area contributed by atoms with Crippen molar-refractivity contribution in [1.29, 1.82) is 0 Å². The van der Waals surface area contributed by atoms with Gasteiger partial charge in [0.15, 0.2) is 12.4 Å². The Balaban J connectivity index is 2.37. The maximum Gasteiger partial charge on any atom is 0.306 e. The first kappa shape index (κ1) is 59.9. The molecule has 0 aromatic carbocycles. The minimum Gasteiger partial charge on any atom is -0.462 e. The Morgan fingerprint density at radius 2 is 0.922 bits per heavy atom. The lowest BCUT2D eigenvalue weighted by atomic mass is 10.00. The number of allylic oxidation sites excluding steroid dienone is 6. The maximum atomic E-state index is 12.8. The lowest BCUT2D eigenvalue weighted by Crippen LogP contribution is -2.60. The number of ether oxygens (including phenoxy) is 4. The van der Waals surface area contributed by atoms with E-state index in [0.717, 1.165) is 57.8 Å². The van der Waals surface area contributed by atoms with Gasteiger partial charge in [-0.05, 0) is 70.6 Å². The fourth-order valence-electron chi connectivity index (χ4n) is 7.69. The number of rotatable bonds is 43. The van der Waals surface area contributed by atoms with Gasteiger partial charge in [-0.2, -0.15) is 8.42 Å². The molecule has 6 atom stereocenters. The molecule has 1 aliphatic rings. The molecule has 13 heteroatoms. The van der Waals surface area contributed by atoms with E-state index in [1.165, 1.54) is 116 Å². The molecule has 0 aromatic rings. The average Bonchev–Trinajstić information content (AvgIpc) is 3.26. The third-order valence-corrected chi connectivity index (χ3v) is 12.4. The number of unbranched alkanes of at least 4 members (excludes halogenated alkanes) is 25. The Morgan fingerprint density at radius 1 is 0.516 bits per heavy atom. The zero-order valence-electron chi connectivity index (χ0n) is 40.1. The van der Waals surface area contributed by atoms with Gasteiger partial charge in [0.2, 0.25) is 0 Å². The van der Waals surface area contributed by atoms with Gasteiger partial charge in [-0.1, -0.05) is 172 Å². The van der Waals surface area contributed by atoms with Crippen LogP contribution < -0.4 is 0 Å². The number of carbonyl (C=O) groups is 2. The molecule has 2 unspecified atom stereocenters. The standard InChI is InChI=1S/C51H92O12S/c1-3-5-7-9-11-13-15-17-18-19-20-21-22-23-24-25-26-28-29-31-33-35-37-39-46(52)60-41-44(42-61-51-50(56)49(55)48(54)45(63-51)43-64(57,58)59)62-47(53)40-38-36-34-32-30-27-16-14-12-10-8-6-4-2/h14,16,25-26,31,33,44-45,48-51,54-56H,3-13,15,17-24,27-30,32,34-43H2,1-2H3,(H,57,58,59)/b16-14+,26-25+,33-31+/t44-,45-,48-,49?,50?,51+/m1/s1. The molecule has 4 N–H and O–H groups in total. The monoisotopic (exact) mass is 929 g/mol. The molecule has 64 heavy (non-hydrogen) atoms. The number of carbonyl (C=O) groups excluding carboxylic acids is 2. The summed E-state index contributed by atoms with van der Waals surface area (Å²) in [5.41, 5.74) is 0. The maximum absolute atomic E-state index is 12.8. The van der Waals surface area contributed by atoms with Crippen molar-refractivity contribution in [2.24, 2.45) is 0 Å². The van der Waals surface area contributed by atoms with Crippen LogP contribution in [0.5, 0.6) is 0 Å². The normalized spacial score (nSPS) is 19.9. The van der Waals surface area contributed by atoms with Gasteiger partial charge < -0.3 is 34.3 Å². The molecule has 0 aliphatic carbocycles. The van der Waals surface area contributed by atoms with Crippen LogP contribution in [0.25, 0.3) is 0 Å². The third-order valence-electron chi connectivity index (χ3n) is 11.7. The van der Waals surface area contributed by atoms with Gasteiger partial charge >= 0.3 is 11.9 Å². The lowest BCUT2D eigenvalue weighted by Gasteiger charge is -2.40. The summed E-state index contributed by atoms with van der Waals surface area (Å²) < 4.78 is 54.1. The first-order valence-corrected chi connectivity index (χ1v) is 27.2. The number of aliphatic hydroxyl groups excluding tert-OH is 3. The van der Waals surface area contributed by atoms with Crippen molar-refractivity contribution in [3.63, 3.8) is 0 Å². The van der Waals surface area contributed by atoms with Crippen molar-refractivity contribution in [2.45, 2.75) is 256 Å². The molecule has 1 saturated heterocycles. The molecule has 374 valence electrons. The average molecular weight is 929 g/mol. The van der Waals surface area contributed by atoms with Crippen molar-refractivity contribution in [3.05, 3.63) is 36.5 Å². The van der Waals surface area contributed by atoms with Crippen LogP contribution in [-0.4, -0.2) is 96.0 Å². The second-order valence-corrected chi connectivity index (χ2v) is 19.3. The molecule has 0 bridgehead atoms. The summed E-state index contributed by atoms with van der Waals surface area (Å²) in [6.45, 7) is 3.72. The van der Waals surface area contributed by atoms with Crippen molar-refractivity contribution in [2.75, 3.05) is 19.0 Å². The Morgan fingerprint density at radius 3 is 1.41 bits per heavy atom. The highest BCUT2D eigenvalue weighted by Gasteiger charge is 2.46. The zero-order chi connectivity index (χ0) is 46.9. The van der Waals surface area contributed by atoms with Gasteiger partial charge in [0, 0.05) is 12.8 Å². The van der Waals surface area contributed by atoms with Crippen molar-refractivity contribution >= 4 is 22.1 Å². The highest BCUT2D eigenvalue weighted by molar-refractivity contribution is 7.85. The number of hydrogen-bond donors (Lipinski definition) is 4. The highest BCUT2D eigenvalue weighted by atomic mass is 32.2.